The van der Waals surface area contributed by atoms with Gasteiger partial charge in [-0.05, 0) is 17.1 Å². The molecule has 0 spiro atoms. The molecule has 1 heterocycles. The maximum Gasteiger partial charge on any atom is 0.310 e. The number of carbonyl (C=O) groups excluding carboxylic acids is 1. The van der Waals surface area contributed by atoms with Crippen molar-refractivity contribution in [1.82, 2.24) is 4.37 Å². The van der Waals surface area contributed by atoms with Crippen molar-refractivity contribution in [3.63, 3.8) is 0 Å². The largest absolute Gasteiger partial charge is 0.469 e. The van der Waals surface area contributed by atoms with E-state index >= 15 is 0 Å². The lowest BCUT2D eigenvalue weighted by molar-refractivity contribution is -0.139. The number of rotatable bonds is 2. The lowest BCUT2D eigenvalue weighted by Crippen LogP contribution is -2.02. The Kier molecular flexibility index (Phi) is 2.39. The van der Waals surface area contributed by atoms with Crippen molar-refractivity contribution in [3.05, 3.63) is 17.1 Å². The Morgan fingerprint density at radius 1 is 1.90 bits per heavy atom. The minimum absolute atomic E-state index is 0.222. The van der Waals surface area contributed by atoms with E-state index in [2.05, 4.69) is 9.11 Å². The van der Waals surface area contributed by atoms with E-state index in [9.17, 15) is 4.79 Å². The number of hydrogen-bond acceptors (Lipinski definition) is 4. The average Bonchev–Trinajstić information content (AvgIpc) is 2.40. The molecule has 3 nitrogen and oxygen atoms in total. The minimum Gasteiger partial charge on any atom is -0.469 e. The molecule has 0 aromatic carbocycles. The third-order valence-electron chi connectivity index (χ3n) is 1.06. The van der Waals surface area contributed by atoms with Crippen LogP contribution in [-0.2, 0) is 16.0 Å². The second kappa shape index (κ2) is 3.31. The van der Waals surface area contributed by atoms with E-state index < -0.39 is 0 Å². The second-order valence-electron chi connectivity index (χ2n) is 1.79. The summed E-state index contributed by atoms with van der Waals surface area (Å²) in [4.78, 5) is 10.6. The van der Waals surface area contributed by atoms with Crippen molar-refractivity contribution in [2.24, 2.45) is 0 Å². The molecule has 0 radical (unpaired) electrons. The van der Waals surface area contributed by atoms with Crippen LogP contribution in [0.5, 0.6) is 0 Å². The van der Waals surface area contributed by atoms with Crippen LogP contribution in [0, 0.1) is 0 Å². The van der Waals surface area contributed by atoms with Crippen LogP contribution < -0.4 is 0 Å². The highest BCUT2D eigenvalue weighted by molar-refractivity contribution is 7.03. The molecule has 10 heavy (non-hydrogen) atoms. The maximum atomic E-state index is 10.6. The summed E-state index contributed by atoms with van der Waals surface area (Å²) in [5.41, 5.74) is 0.914. The Balaban J connectivity index is 2.48. The number of ether oxygens (including phenoxy) is 1. The van der Waals surface area contributed by atoms with Crippen molar-refractivity contribution in [3.8, 4) is 0 Å². The maximum absolute atomic E-state index is 10.6. The van der Waals surface area contributed by atoms with E-state index in [0.29, 0.717) is 6.42 Å². The topological polar surface area (TPSA) is 39.2 Å². The van der Waals surface area contributed by atoms with Crippen molar-refractivity contribution >= 4 is 17.5 Å². The first-order valence-electron chi connectivity index (χ1n) is 2.78. The summed E-state index contributed by atoms with van der Waals surface area (Å²) in [6.07, 6.45) is 1.99. The number of esters is 1. The zero-order valence-corrected chi connectivity index (χ0v) is 6.35. The van der Waals surface area contributed by atoms with Gasteiger partial charge in [0.05, 0.1) is 13.5 Å². The Bertz CT molecular complexity index is 208. The van der Waals surface area contributed by atoms with Crippen molar-refractivity contribution < 1.29 is 9.53 Å². The van der Waals surface area contributed by atoms with Gasteiger partial charge < -0.3 is 4.74 Å². The number of methoxy groups -OCH3 is 1. The predicted octanol–water partition coefficient (Wildman–Crippen LogP) is 0.859. The lowest BCUT2D eigenvalue weighted by Gasteiger charge is -1.92. The molecule has 0 aliphatic rings. The van der Waals surface area contributed by atoms with Gasteiger partial charge in [-0.1, -0.05) is 0 Å². The predicted molar refractivity (Wildman–Crippen MR) is 37.8 cm³/mol. The summed E-state index contributed by atoms with van der Waals surface area (Å²) < 4.78 is 8.30. The first-order chi connectivity index (χ1) is 4.83. The zero-order chi connectivity index (χ0) is 7.40. The molecule has 0 N–H and O–H groups in total. The first-order valence-corrected chi connectivity index (χ1v) is 3.61. The highest BCUT2D eigenvalue weighted by Gasteiger charge is 2.01. The fourth-order valence-electron chi connectivity index (χ4n) is 0.553. The molecule has 0 atom stereocenters. The van der Waals surface area contributed by atoms with Gasteiger partial charge in [0.25, 0.3) is 0 Å². The third-order valence-corrected chi connectivity index (χ3v) is 1.69. The molecule has 1 rings (SSSR count). The lowest BCUT2D eigenvalue weighted by atomic mass is 10.3. The molecule has 54 valence electrons. The molecule has 0 saturated heterocycles. The molecule has 4 heteroatoms. The summed E-state index contributed by atoms with van der Waals surface area (Å²) in [7, 11) is 1.38. The van der Waals surface area contributed by atoms with Gasteiger partial charge in [-0.15, -0.1) is 0 Å². The van der Waals surface area contributed by atoms with Crippen LogP contribution in [0.25, 0.3) is 0 Å². The van der Waals surface area contributed by atoms with Gasteiger partial charge in [0, 0.05) is 11.6 Å². The number of carbonyl (C=O) groups is 1. The minimum atomic E-state index is -0.222. The smallest absolute Gasteiger partial charge is 0.310 e. The zero-order valence-electron chi connectivity index (χ0n) is 5.53. The van der Waals surface area contributed by atoms with Crippen molar-refractivity contribution in [1.29, 1.82) is 0 Å². The number of nitrogens with zero attached hydrogens (tertiary/aromatic N) is 1. The van der Waals surface area contributed by atoms with Gasteiger partial charge in [0.1, 0.15) is 0 Å². The highest BCUT2D eigenvalue weighted by Crippen LogP contribution is 2.02. The van der Waals surface area contributed by atoms with Crippen LogP contribution >= 0.6 is 11.5 Å². The molecule has 0 aliphatic carbocycles. The van der Waals surface area contributed by atoms with Gasteiger partial charge in [0.15, 0.2) is 0 Å². The first kappa shape index (κ1) is 7.21. The fraction of sp³-hybridized carbons (Fsp3) is 0.333. The molecule has 0 fully saturated rings. The third kappa shape index (κ3) is 1.80. The number of hydrogen-bond donors (Lipinski definition) is 0. The summed E-state index contributed by atoms with van der Waals surface area (Å²) in [6.45, 7) is 0. The van der Waals surface area contributed by atoms with E-state index in [-0.39, 0.29) is 5.97 Å². The Labute approximate surface area is 62.8 Å². The van der Waals surface area contributed by atoms with Crippen LogP contribution in [0.3, 0.4) is 0 Å². The highest BCUT2D eigenvalue weighted by atomic mass is 32.1. The van der Waals surface area contributed by atoms with E-state index in [4.69, 9.17) is 0 Å². The molecule has 1 aromatic rings. The molecule has 0 unspecified atom stereocenters. The molecular formula is C6H7NO2S. The van der Waals surface area contributed by atoms with Crippen LogP contribution in [0.1, 0.15) is 5.56 Å². The van der Waals surface area contributed by atoms with Gasteiger partial charge in [-0.2, -0.15) is 0 Å². The summed E-state index contributed by atoms with van der Waals surface area (Å²) in [5, 5.41) is 1.83. The van der Waals surface area contributed by atoms with E-state index in [0.717, 1.165) is 5.56 Å². The van der Waals surface area contributed by atoms with Crippen molar-refractivity contribution in [2.45, 2.75) is 6.42 Å². The quantitative estimate of drug-likeness (QED) is 0.598. The molecular weight excluding hydrogens is 150 g/mol. The van der Waals surface area contributed by atoms with Crippen molar-refractivity contribution in [2.75, 3.05) is 7.11 Å². The van der Waals surface area contributed by atoms with E-state index in [1.54, 1.807) is 6.20 Å². The SMILES string of the molecule is COC(=O)Cc1cnsc1. The molecule has 0 saturated carbocycles. The summed E-state index contributed by atoms with van der Waals surface area (Å²) >= 11 is 1.33. The fourth-order valence-corrected chi connectivity index (χ4v) is 1.09. The molecule has 1 aromatic heterocycles. The Morgan fingerprint density at radius 2 is 2.70 bits per heavy atom. The van der Waals surface area contributed by atoms with Gasteiger partial charge in [-0.25, -0.2) is 4.37 Å². The molecule has 0 aliphatic heterocycles. The number of aromatic nitrogens is 1. The normalized spacial score (nSPS) is 9.30. The standard InChI is InChI=1S/C6H7NO2S/c1-9-6(8)2-5-3-7-10-4-5/h3-4H,2H2,1H3. The van der Waals surface area contributed by atoms with E-state index in [1.807, 2.05) is 5.38 Å². The molecule has 0 amide bonds. The van der Waals surface area contributed by atoms with Crippen LogP contribution in [0.4, 0.5) is 0 Å². The molecule has 0 bridgehead atoms. The van der Waals surface area contributed by atoms with Crippen LogP contribution in [-0.4, -0.2) is 17.5 Å². The van der Waals surface area contributed by atoms with Crippen LogP contribution in [0.2, 0.25) is 0 Å². The Morgan fingerprint density at radius 3 is 3.20 bits per heavy atom. The van der Waals surface area contributed by atoms with Gasteiger partial charge >= 0.3 is 5.97 Å². The van der Waals surface area contributed by atoms with Gasteiger partial charge in [0.2, 0.25) is 0 Å². The average molecular weight is 157 g/mol. The monoisotopic (exact) mass is 157 g/mol. The summed E-state index contributed by atoms with van der Waals surface area (Å²) in [6, 6.07) is 0. The van der Waals surface area contributed by atoms with E-state index in [1.165, 1.54) is 18.6 Å². The van der Waals surface area contributed by atoms with Crippen LogP contribution in [0.15, 0.2) is 11.6 Å². The second-order valence-corrected chi connectivity index (χ2v) is 2.44. The summed E-state index contributed by atoms with van der Waals surface area (Å²) in [5.74, 6) is -0.222. The Hall–Kier alpha value is -0.900. The van der Waals surface area contributed by atoms with Gasteiger partial charge in [-0.3, -0.25) is 4.79 Å².